The molecule has 9 atom stereocenters. The summed E-state index contributed by atoms with van der Waals surface area (Å²) >= 11 is 0. The van der Waals surface area contributed by atoms with Crippen LogP contribution in [-0.2, 0) is 30.3 Å². The number of nitrogens with one attached hydrogen (secondary N) is 1. The molecule has 0 saturated heterocycles. The van der Waals surface area contributed by atoms with E-state index in [1.165, 1.54) is 53.2 Å². The number of rotatable bonds is 5. The van der Waals surface area contributed by atoms with E-state index >= 15 is 0 Å². The number of allylic oxidation sites excluding steroid dienone is 2. The Kier molecular flexibility index (Phi) is 13.3. The predicted molar refractivity (Wildman–Crippen MR) is 238 cm³/mol. The van der Waals surface area contributed by atoms with Crippen LogP contribution in [0, 0.1) is 37.5 Å². The molecule has 3 heterocycles. The number of hydrogen-bond acceptors (Lipinski definition) is 12. The van der Waals surface area contributed by atoms with Gasteiger partial charge in [0.25, 0.3) is 11.7 Å². The zero-order valence-corrected chi connectivity index (χ0v) is 37.6. The number of aliphatic hydroxyl groups excluding tert-OH is 2. The molecule has 4 bridgehead atoms. The number of nitrogens with zero attached hydrogens (tertiary/aromatic N) is 1. The third-order valence-corrected chi connectivity index (χ3v) is 12.8. The first-order valence-electron chi connectivity index (χ1n) is 21.1. The Bertz CT molecular complexity index is 2570. The van der Waals surface area contributed by atoms with Crippen LogP contribution in [-0.4, -0.2) is 85.7 Å². The quantitative estimate of drug-likeness (QED) is 0.0750. The molecule has 6 rings (SSSR count). The fraction of sp³-hybridized carbons (Fsp3) is 0.429. The van der Waals surface area contributed by atoms with Crippen LogP contribution < -0.4 is 10.1 Å². The largest absolute Gasteiger partial charge is 0.507 e. The van der Waals surface area contributed by atoms with Crippen molar-refractivity contribution in [3.8, 4) is 17.2 Å². The Hall–Kier alpha value is -5.96. The fourth-order valence-electron chi connectivity index (χ4n) is 9.11. The Labute approximate surface area is 366 Å². The zero-order chi connectivity index (χ0) is 46.4. The average Bonchev–Trinajstić information content (AvgIpc) is 3.68. The monoisotopic (exact) mass is 866 g/mol. The highest BCUT2D eigenvalue weighted by molar-refractivity contribution is 6.31. The normalized spacial score (nSPS) is 28.9. The summed E-state index contributed by atoms with van der Waals surface area (Å²) in [6.45, 7) is 16.0. The molecule has 4 aromatic rings. The lowest BCUT2D eigenvalue weighted by molar-refractivity contribution is -0.160. The van der Waals surface area contributed by atoms with Crippen molar-refractivity contribution in [3.05, 3.63) is 94.4 Å². The number of aromatic nitrogens is 1. The van der Waals surface area contributed by atoms with Crippen molar-refractivity contribution in [2.75, 3.05) is 12.4 Å². The Morgan fingerprint density at radius 1 is 0.889 bits per heavy atom. The number of carbonyl (C=O) groups is 4. The molecule has 0 radical (unpaired) electrons. The van der Waals surface area contributed by atoms with Crippen LogP contribution in [0.1, 0.15) is 92.9 Å². The van der Waals surface area contributed by atoms with Crippen molar-refractivity contribution in [2.45, 2.75) is 106 Å². The van der Waals surface area contributed by atoms with Crippen LogP contribution in [0.25, 0.3) is 21.7 Å². The molecule has 14 nitrogen and oxygen atoms in total. The molecule has 336 valence electrons. The van der Waals surface area contributed by atoms with Crippen LogP contribution in [0.2, 0.25) is 0 Å². The van der Waals surface area contributed by atoms with E-state index in [4.69, 9.17) is 18.9 Å². The van der Waals surface area contributed by atoms with E-state index in [1.807, 2.05) is 34.9 Å². The van der Waals surface area contributed by atoms with Crippen LogP contribution >= 0.6 is 0 Å². The molecule has 0 aliphatic carbocycles. The van der Waals surface area contributed by atoms with Gasteiger partial charge in [-0.05, 0) is 39.3 Å². The molecule has 1 aromatic heterocycles. The van der Waals surface area contributed by atoms with Gasteiger partial charge in [-0.25, -0.2) is 0 Å². The van der Waals surface area contributed by atoms with Crippen LogP contribution in [0.3, 0.4) is 0 Å². The Balaban J connectivity index is 1.65. The van der Waals surface area contributed by atoms with Crippen molar-refractivity contribution in [1.29, 1.82) is 0 Å². The lowest BCUT2D eigenvalue weighted by Gasteiger charge is -2.38. The van der Waals surface area contributed by atoms with E-state index in [0.717, 1.165) is 5.56 Å². The number of Topliss-reactive ketones (excluding diaryl/α,β-unsaturated/α-hetero) is 2. The number of ether oxygens (including phenoxy) is 4. The summed E-state index contributed by atoms with van der Waals surface area (Å²) < 4.78 is 25.9. The second-order valence-electron chi connectivity index (χ2n) is 17.2. The van der Waals surface area contributed by atoms with E-state index in [-0.39, 0.29) is 67.7 Å². The first-order chi connectivity index (χ1) is 29.7. The average molecular weight is 867 g/mol. The van der Waals surface area contributed by atoms with Gasteiger partial charge < -0.3 is 49.3 Å². The SMILES string of the molecule is CO[C@H]1/C=C/O[C@@]2(C)Oc3c(C)c(O)c4c(O)c(c5c(C(C)=O)c(C)n(Cc6ccccc6)c5c4c3C2=O)NC(=O)/C(C)=C\C=C\[C@@H](C)[C@H](O)[C@@H](C)[C@H](O)[C@@H](C)[C@H](OC(C)=O)[C@@H]1C. The maximum Gasteiger partial charge on any atom is 0.312 e. The molecule has 3 aromatic carbocycles. The lowest BCUT2D eigenvalue weighted by atomic mass is 9.78. The Morgan fingerprint density at radius 3 is 2.17 bits per heavy atom. The highest BCUT2D eigenvalue weighted by Crippen LogP contribution is 2.55. The first kappa shape index (κ1) is 46.5. The second kappa shape index (κ2) is 18.0. The first-order valence-corrected chi connectivity index (χ1v) is 21.1. The van der Waals surface area contributed by atoms with Gasteiger partial charge in [0.1, 0.15) is 17.6 Å². The molecule has 14 heteroatoms. The maximum atomic E-state index is 14.9. The molecule has 0 saturated carbocycles. The molecule has 2 aliphatic rings. The van der Waals surface area contributed by atoms with Crippen molar-refractivity contribution in [1.82, 2.24) is 4.57 Å². The summed E-state index contributed by atoms with van der Waals surface area (Å²) in [5, 5.41) is 50.2. The highest BCUT2D eigenvalue weighted by Gasteiger charge is 2.50. The summed E-state index contributed by atoms with van der Waals surface area (Å²) in [5.41, 5.74) is 1.90. The minimum atomic E-state index is -2.03. The number of phenols is 2. The number of hydrogen-bond donors (Lipinski definition) is 5. The number of anilines is 1. The molecule has 2 aliphatic heterocycles. The number of fused-ring (bicyclic) bond motifs is 1. The van der Waals surface area contributed by atoms with Gasteiger partial charge in [-0.3, -0.25) is 19.2 Å². The number of aromatic hydroxyl groups is 2. The molecule has 0 unspecified atom stereocenters. The maximum absolute atomic E-state index is 14.9. The zero-order valence-electron chi connectivity index (χ0n) is 37.6. The van der Waals surface area contributed by atoms with Gasteiger partial charge >= 0.3 is 11.8 Å². The number of esters is 1. The molecule has 1 amide bonds. The third-order valence-electron chi connectivity index (χ3n) is 12.8. The number of ketones is 2. The Morgan fingerprint density at radius 2 is 1.56 bits per heavy atom. The van der Waals surface area contributed by atoms with Crippen molar-refractivity contribution in [3.63, 3.8) is 0 Å². The molecule has 0 spiro atoms. The standard InChI is InChI=1S/C49H58N2O12/c1-23-16-15-17-24(2)48(59)50-39-36-34(30(8)52)29(7)51(22-32-18-13-12-14-19-32)40(36)35-37(44(39)57)43(56)28(6)46-38(35)47(58)49(10,63-46)61-21-20-33(60-11)25(3)45(62-31(9)53)27(5)42(55)26(4)41(23)54/h12-21,23,25-27,33,41-42,45,54-57H,22H2,1-11H3,(H,50,59)/b16-15+,21-20+,24-17-/t23-,25-,26-,27-,33+,41+,42+,45-,49+/m1/s1. The van der Waals surface area contributed by atoms with Gasteiger partial charge in [-0.1, -0.05) is 76.3 Å². The molecular formula is C49H58N2O12. The number of methoxy groups -OCH3 is 1. The minimum Gasteiger partial charge on any atom is -0.507 e. The van der Waals surface area contributed by atoms with Crippen LogP contribution in [0.4, 0.5) is 5.69 Å². The van der Waals surface area contributed by atoms with Crippen molar-refractivity contribution < 1.29 is 58.6 Å². The summed E-state index contributed by atoms with van der Waals surface area (Å²) in [5.74, 6) is -7.82. The van der Waals surface area contributed by atoms with E-state index in [0.29, 0.717) is 5.69 Å². The van der Waals surface area contributed by atoms with E-state index in [1.54, 1.807) is 53.7 Å². The molecular weight excluding hydrogens is 809 g/mol. The number of aliphatic hydroxyl groups is 2. The van der Waals surface area contributed by atoms with Gasteiger partial charge in [0, 0.05) is 84.3 Å². The van der Waals surface area contributed by atoms with Gasteiger partial charge in [-0.15, -0.1) is 0 Å². The van der Waals surface area contributed by atoms with Crippen LogP contribution in [0.15, 0.2) is 66.5 Å². The fourth-order valence-corrected chi connectivity index (χ4v) is 9.11. The third kappa shape index (κ3) is 8.34. The molecule has 0 fully saturated rings. The van der Waals surface area contributed by atoms with Gasteiger partial charge in [0.2, 0.25) is 0 Å². The number of carbonyl (C=O) groups excluding carboxylic acids is 4. The van der Waals surface area contributed by atoms with Crippen molar-refractivity contribution >= 4 is 50.8 Å². The van der Waals surface area contributed by atoms with E-state index < -0.39 is 83.0 Å². The molecule has 63 heavy (non-hydrogen) atoms. The summed E-state index contributed by atoms with van der Waals surface area (Å²) in [7, 11) is 1.45. The molecule has 5 N–H and O–H groups in total. The van der Waals surface area contributed by atoms with Crippen LogP contribution in [0.5, 0.6) is 17.2 Å². The summed E-state index contributed by atoms with van der Waals surface area (Å²) in [4.78, 5) is 55.2. The van der Waals surface area contributed by atoms with E-state index in [2.05, 4.69) is 5.32 Å². The van der Waals surface area contributed by atoms with Gasteiger partial charge in [0.05, 0.1) is 46.7 Å². The highest BCUT2D eigenvalue weighted by atomic mass is 16.7. The number of amides is 1. The topological polar surface area (TPSA) is 203 Å². The second-order valence-corrected chi connectivity index (χ2v) is 17.2. The number of benzene rings is 3. The smallest absolute Gasteiger partial charge is 0.312 e. The van der Waals surface area contributed by atoms with Gasteiger partial charge in [0.15, 0.2) is 11.5 Å². The van der Waals surface area contributed by atoms with E-state index in [9.17, 15) is 39.6 Å². The van der Waals surface area contributed by atoms with Crippen molar-refractivity contribution in [2.24, 2.45) is 23.7 Å². The lowest BCUT2D eigenvalue weighted by Crippen LogP contribution is -2.46. The predicted octanol–water partition coefficient (Wildman–Crippen LogP) is 7.56. The summed E-state index contributed by atoms with van der Waals surface area (Å²) in [6, 6.07) is 9.40. The minimum absolute atomic E-state index is 0.0103. The van der Waals surface area contributed by atoms with Gasteiger partial charge in [-0.2, -0.15) is 0 Å². The number of phenolic OH excluding ortho intramolecular Hbond substituents is 2. The summed E-state index contributed by atoms with van der Waals surface area (Å²) in [6.07, 6.45) is 3.68.